The highest BCUT2D eigenvalue weighted by Crippen LogP contribution is 2.27. The lowest BCUT2D eigenvalue weighted by atomic mass is 10.1. The summed E-state index contributed by atoms with van der Waals surface area (Å²) >= 11 is 0. The van der Waals surface area contributed by atoms with Gasteiger partial charge < -0.3 is 5.32 Å². The van der Waals surface area contributed by atoms with Crippen molar-refractivity contribution in [2.45, 2.75) is 25.8 Å². The largest absolute Gasteiger partial charge is 0.346 e. The SMILES string of the molecule is Cc1ccc(-c2nc([C@@H]3CCC(=O)N3)n(-c3cccc(F)c3)n2)cc1. The molecule has 5 nitrogen and oxygen atoms in total. The zero-order valence-corrected chi connectivity index (χ0v) is 13.7. The van der Waals surface area contributed by atoms with Gasteiger partial charge in [-0.3, -0.25) is 4.79 Å². The summed E-state index contributed by atoms with van der Waals surface area (Å²) < 4.78 is 15.3. The number of carbonyl (C=O) groups is 1. The van der Waals surface area contributed by atoms with Gasteiger partial charge in [-0.05, 0) is 31.5 Å². The van der Waals surface area contributed by atoms with Gasteiger partial charge in [0.25, 0.3) is 0 Å². The second-order valence-electron chi connectivity index (χ2n) is 6.21. The van der Waals surface area contributed by atoms with Crippen LogP contribution in [-0.2, 0) is 4.79 Å². The van der Waals surface area contributed by atoms with E-state index in [4.69, 9.17) is 0 Å². The van der Waals surface area contributed by atoms with Crippen LogP contribution < -0.4 is 5.32 Å². The lowest BCUT2D eigenvalue weighted by Crippen LogP contribution is -2.21. The molecule has 0 radical (unpaired) electrons. The van der Waals surface area contributed by atoms with Gasteiger partial charge in [0.05, 0.1) is 11.7 Å². The van der Waals surface area contributed by atoms with Gasteiger partial charge in [0, 0.05) is 12.0 Å². The van der Waals surface area contributed by atoms with Crippen LogP contribution in [0.1, 0.15) is 30.3 Å². The van der Waals surface area contributed by atoms with Gasteiger partial charge in [0.2, 0.25) is 5.91 Å². The summed E-state index contributed by atoms with van der Waals surface area (Å²) in [6, 6.07) is 13.9. The summed E-state index contributed by atoms with van der Waals surface area (Å²) in [7, 11) is 0. The van der Waals surface area contributed by atoms with Gasteiger partial charge in [0.15, 0.2) is 11.6 Å². The van der Waals surface area contributed by atoms with Crippen molar-refractivity contribution in [1.29, 1.82) is 0 Å². The second-order valence-corrected chi connectivity index (χ2v) is 6.21. The number of aryl methyl sites for hydroxylation is 1. The summed E-state index contributed by atoms with van der Waals surface area (Å²) in [6.07, 6.45) is 1.11. The van der Waals surface area contributed by atoms with Gasteiger partial charge in [-0.2, -0.15) is 0 Å². The van der Waals surface area contributed by atoms with Crippen LogP contribution in [0.15, 0.2) is 48.5 Å². The Hall–Kier alpha value is -3.02. The number of halogens is 1. The quantitative estimate of drug-likeness (QED) is 0.798. The van der Waals surface area contributed by atoms with Crippen molar-refractivity contribution in [3.8, 4) is 17.1 Å². The minimum atomic E-state index is -0.341. The van der Waals surface area contributed by atoms with Crippen LogP contribution in [-0.4, -0.2) is 20.7 Å². The Labute approximate surface area is 144 Å². The molecule has 1 atom stereocenters. The van der Waals surface area contributed by atoms with E-state index >= 15 is 0 Å². The molecule has 1 amide bonds. The van der Waals surface area contributed by atoms with Crippen molar-refractivity contribution in [1.82, 2.24) is 20.1 Å². The number of hydrogen-bond donors (Lipinski definition) is 1. The normalized spacial score (nSPS) is 16.9. The fourth-order valence-electron chi connectivity index (χ4n) is 2.98. The number of hydrogen-bond acceptors (Lipinski definition) is 3. The van der Waals surface area contributed by atoms with Crippen LogP contribution in [0.3, 0.4) is 0 Å². The number of rotatable bonds is 3. The van der Waals surface area contributed by atoms with Crippen molar-refractivity contribution in [3.63, 3.8) is 0 Å². The zero-order chi connectivity index (χ0) is 17.4. The summed E-state index contributed by atoms with van der Waals surface area (Å²) in [5.74, 6) is 0.828. The molecule has 3 aromatic rings. The first-order valence-corrected chi connectivity index (χ1v) is 8.19. The maximum atomic E-state index is 13.7. The Balaban J connectivity index is 1.83. The number of carbonyl (C=O) groups excluding carboxylic acids is 1. The lowest BCUT2D eigenvalue weighted by Gasteiger charge is -2.11. The van der Waals surface area contributed by atoms with E-state index in [0.29, 0.717) is 30.2 Å². The van der Waals surface area contributed by atoms with Crippen molar-refractivity contribution in [2.24, 2.45) is 0 Å². The van der Waals surface area contributed by atoms with Crippen LogP contribution in [0.5, 0.6) is 0 Å². The molecule has 1 fully saturated rings. The number of aromatic nitrogens is 3. The third-order valence-electron chi connectivity index (χ3n) is 4.30. The van der Waals surface area contributed by atoms with Gasteiger partial charge in [-0.25, -0.2) is 14.1 Å². The fourth-order valence-corrected chi connectivity index (χ4v) is 2.98. The molecule has 126 valence electrons. The molecule has 0 spiro atoms. The molecule has 0 bridgehead atoms. The van der Waals surface area contributed by atoms with Crippen LogP contribution >= 0.6 is 0 Å². The number of nitrogens with one attached hydrogen (secondary N) is 1. The Morgan fingerprint density at radius 2 is 2.00 bits per heavy atom. The average Bonchev–Trinajstić information content (AvgIpc) is 3.22. The maximum absolute atomic E-state index is 13.7. The second kappa shape index (κ2) is 6.12. The standard InChI is InChI=1S/C19H17FN4O/c1-12-5-7-13(8-6-12)18-22-19(16-9-10-17(25)21-16)24(23-18)15-4-2-3-14(20)11-15/h2-8,11,16H,9-10H2,1H3,(H,21,25)/t16-/m0/s1. The van der Waals surface area contributed by atoms with Crippen molar-refractivity contribution < 1.29 is 9.18 Å². The van der Waals surface area contributed by atoms with Crippen LogP contribution in [0.4, 0.5) is 4.39 Å². The van der Waals surface area contributed by atoms with Crippen molar-refractivity contribution in [3.05, 3.63) is 65.7 Å². The molecule has 1 saturated heterocycles. The monoisotopic (exact) mass is 336 g/mol. The Morgan fingerprint density at radius 3 is 2.68 bits per heavy atom. The lowest BCUT2D eigenvalue weighted by molar-refractivity contribution is -0.119. The molecule has 1 aliphatic rings. The summed E-state index contributed by atoms with van der Waals surface area (Å²) in [6.45, 7) is 2.02. The van der Waals surface area contributed by atoms with E-state index in [9.17, 15) is 9.18 Å². The Morgan fingerprint density at radius 1 is 1.20 bits per heavy atom. The third-order valence-corrected chi connectivity index (χ3v) is 4.30. The molecule has 6 heteroatoms. The van der Waals surface area contributed by atoms with Crippen molar-refractivity contribution in [2.75, 3.05) is 0 Å². The minimum Gasteiger partial charge on any atom is -0.346 e. The van der Waals surface area contributed by atoms with Crippen LogP contribution in [0.2, 0.25) is 0 Å². The van der Waals surface area contributed by atoms with Gasteiger partial charge in [-0.1, -0.05) is 35.9 Å². The van der Waals surface area contributed by atoms with Crippen molar-refractivity contribution >= 4 is 5.91 Å². The van der Waals surface area contributed by atoms with E-state index in [1.807, 2.05) is 31.2 Å². The van der Waals surface area contributed by atoms with Gasteiger partial charge in [0.1, 0.15) is 5.82 Å². The Bertz CT molecular complexity index is 933. The smallest absolute Gasteiger partial charge is 0.220 e. The summed E-state index contributed by atoms with van der Waals surface area (Å²) in [5.41, 5.74) is 2.62. The molecule has 0 unspecified atom stereocenters. The van der Waals surface area contributed by atoms with Crippen LogP contribution in [0, 0.1) is 12.7 Å². The van der Waals surface area contributed by atoms with E-state index < -0.39 is 0 Å². The molecule has 0 aliphatic carbocycles. The molecular formula is C19H17FN4O. The first-order chi connectivity index (χ1) is 12.1. The fraction of sp³-hybridized carbons (Fsp3) is 0.211. The summed E-state index contributed by atoms with van der Waals surface area (Å²) in [5, 5.41) is 7.49. The zero-order valence-electron chi connectivity index (χ0n) is 13.7. The van der Waals surface area contributed by atoms with E-state index in [2.05, 4.69) is 15.4 Å². The van der Waals surface area contributed by atoms with E-state index in [0.717, 1.165) is 11.1 Å². The molecule has 25 heavy (non-hydrogen) atoms. The first kappa shape index (κ1) is 15.5. The predicted octanol–water partition coefficient (Wildman–Crippen LogP) is 3.33. The maximum Gasteiger partial charge on any atom is 0.220 e. The van der Waals surface area contributed by atoms with E-state index in [1.54, 1.807) is 16.8 Å². The molecular weight excluding hydrogens is 319 g/mol. The van der Waals surface area contributed by atoms with Gasteiger partial charge in [-0.15, -0.1) is 5.10 Å². The number of amides is 1. The van der Waals surface area contributed by atoms with Crippen LogP contribution in [0.25, 0.3) is 17.1 Å². The molecule has 0 saturated carbocycles. The average molecular weight is 336 g/mol. The highest BCUT2D eigenvalue weighted by atomic mass is 19.1. The molecule has 1 N–H and O–H groups in total. The predicted molar refractivity (Wildman–Crippen MR) is 91.6 cm³/mol. The third kappa shape index (κ3) is 3.03. The topological polar surface area (TPSA) is 59.8 Å². The highest BCUT2D eigenvalue weighted by Gasteiger charge is 2.28. The summed E-state index contributed by atoms with van der Waals surface area (Å²) in [4.78, 5) is 16.3. The highest BCUT2D eigenvalue weighted by molar-refractivity contribution is 5.78. The molecule has 1 aliphatic heterocycles. The molecule has 1 aromatic heterocycles. The first-order valence-electron chi connectivity index (χ1n) is 8.19. The molecule has 4 rings (SSSR count). The van der Waals surface area contributed by atoms with Gasteiger partial charge >= 0.3 is 0 Å². The minimum absolute atomic E-state index is 0.00400. The molecule has 2 aromatic carbocycles. The van der Waals surface area contributed by atoms with E-state index in [1.165, 1.54) is 12.1 Å². The number of benzene rings is 2. The van der Waals surface area contributed by atoms with E-state index in [-0.39, 0.29) is 17.8 Å². The Kier molecular flexibility index (Phi) is 3.80. The number of nitrogens with zero attached hydrogens (tertiary/aromatic N) is 3. The molecule has 2 heterocycles.